The van der Waals surface area contributed by atoms with Crippen LogP contribution in [0, 0.1) is 0 Å². The van der Waals surface area contributed by atoms with Gasteiger partial charge in [0.05, 0.1) is 8.07 Å². The van der Waals surface area contributed by atoms with E-state index in [2.05, 4.69) is 53.1 Å². The molecule has 2 aromatic carbocycles. The molecule has 0 aliphatic rings. The van der Waals surface area contributed by atoms with Crippen LogP contribution >= 0.6 is 7.14 Å². The van der Waals surface area contributed by atoms with E-state index < -0.39 is 15.2 Å². The summed E-state index contributed by atoms with van der Waals surface area (Å²) in [6, 6.07) is 19.9. The Labute approximate surface area is 160 Å². The van der Waals surface area contributed by atoms with Crippen LogP contribution in [0.3, 0.4) is 0 Å². The van der Waals surface area contributed by atoms with Crippen molar-refractivity contribution in [1.82, 2.24) is 0 Å². The summed E-state index contributed by atoms with van der Waals surface area (Å²) in [5, 5.41) is 1.84. The standard InChI is InChI=1S/C23H33OPSi/c1-19(2)26(20(3)4,21(5)6)18-17-25(24,22-13-9-7-10-14-22)23-15-11-8-12-16-23/h7-21H,1-6H3/b18-17-. The van der Waals surface area contributed by atoms with Crippen molar-refractivity contribution in [3.63, 3.8) is 0 Å². The lowest BCUT2D eigenvalue weighted by molar-refractivity contribution is 0.592. The third kappa shape index (κ3) is 3.97. The Bertz CT molecular complexity index is 698. The molecule has 0 radical (unpaired) electrons. The molecule has 0 bridgehead atoms. The average Bonchev–Trinajstić information content (AvgIpc) is 2.62. The second-order valence-electron chi connectivity index (χ2n) is 8.11. The van der Waals surface area contributed by atoms with Gasteiger partial charge in [0.2, 0.25) is 0 Å². The zero-order valence-electron chi connectivity index (χ0n) is 17.0. The van der Waals surface area contributed by atoms with Gasteiger partial charge in [0.15, 0.2) is 7.14 Å². The predicted octanol–water partition coefficient (Wildman–Crippen LogP) is 6.73. The van der Waals surface area contributed by atoms with Gasteiger partial charge in [0, 0.05) is 10.6 Å². The molecule has 1 nitrogen and oxygen atoms in total. The smallest absolute Gasteiger partial charge is 0.163 e. The van der Waals surface area contributed by atoms with Crippen LogP contribution in [0.1, 0.15) is 41.5 Å². The summed E-state index contributed by atoms with van der Waals surface area (Å²) < 4.78 is 14.3. The lowest BCUT2D eigenvalue weighted by atomic mass is 10.4. The van der Waals surface area contributed by atoms with Crippen molar-refractivity contribution >= 4 is 25.8 Å². The highest BCUT2D eigenvalue weighted by atomic mass is 31.2. The molecular formula is C23H33OPSi. The Morgan fingerprint density at radius 3 is 1.35 bits per heavy atom. The number of rotatable bonds is 7. The van der Waals surface area contributed by atoms with Crippen LogP contribution in [0.25, 0.3) is 0 Å². The van der Waals surface area contributed by atoms with Crippen molar-refractivity contribution in [2.45, 2.75) is 58.2 Å². The molecule has 26 heavy (non-hydrogen) atoms. The van der Waals surface area contributed by atoms with Gasteiger partial charge < -0.3 is 4.57 Å². The fourth-order valence-electron chi connectivity index (χ4n) is 4.43. The second-order valence-corrected chi connectivity index (χ2v) is 16.6. The largest absolute Gasteiger partial charge is 0.309 e. The molecule has 0 aliphatic carbocycles. The van der Waals surface area contributed by atoms with Crippen molar-refractivity contribution in [2.75, 3.05) is 0 Å². The minimum Gasteiger partial charge on any atom is -0.309 e. The molecule has 0 amide bonds. The molecule has 0 aliphatic heterocycles. The van der Waals surface area contributed by atoms with E-state index in [0.29, 0.717) is 16.6 Å². The van der Waals surface area contributed by atoms with Gasteiger partial charge >= 0.3 is 0 Å². The Morgan fingerprint density at radius 1 is 0.692 bits per heavy atom. The molecule has 0 N–H and O–H groups in total. The van der Waals surface area contributed by atoms with Crippen molar-refractivity contribution in [1.29, 1.82) is 0 Å². The van der Waals surface area contributed by atoms with Crippen molar-refractivity contribution in [3.05, 3.63) is 72.2 Å². The monoisotopic (exact) mass is 384 g/mol. The first kappa shape index (κ1) is 20.9. The molecule has 2 rings (SSSR count). The van der Waals surface area contributed by atoms with Gasteiger partial charge in [0.1, 0.15) is 0 Å². The fraction of sp³-hybridized carbons (Fsp3) is 0.391. The molecule has 0 saturated heterocycles. The maximum atomic E-state index is 14.3. The molecule has 2 aromatic rings. The van der Waals surface area contributed by atoms with E-state index in [1.54, 1.807) is 0 Å². The normalized spacial score (nSPS) is 13.3. The zero-order chi connectivity index (χ0) is 19.4. The van der Waals surface area contributed by atoms with E-state index in [0.717, 1.165) is 10.6 Å². The third-order valence-electron chi connectivity index (χ3n) is 5.85. The average molecular weight is 385 g/mol. The number of benzene rings is 2. The molecule has 0 aromatic heterocycles. The predicted molar refractivity (Wildman–Crippen MR) is 120 cm³/mol. The summed E-state index contributed by atoms with van der Waals surface area (Å²) in [6.07, 6.45) is 0. The summed E-state index contributed by atoms with van der Waals surface area (Å²) >= 11 is 0. The number of hydrogen-bond acceptors (Lipinski definition) is 1. The van der Waals surface area contributed by atoms with E-state index in [4.69, 9.17) is 0 Å². The topological polar surface area (TPSA) is 17.1 Å². The summed E-state index contributed by atoms with van der Waals surface area (Å²) in [4.78, 5) is 0. The molecule has 0 saturated carbocycles. The van der Waals surface area contributed by atoms with Crippen LogP contribution in [0.4, 0.5) is 0 Å². The molecular weight excluding hydrogens is 351 g/mol. The molecule has 3 heteroatoms. The lowest BCUT2D eigenvalue weighted by Crippen LogP contribution is -2.42. The van der Waals surface area contributed by atoms with Gasteiger partial charge in [-0.15, -0.1) is 0 Å². The van der Waals surface area contributed by atoms with Crippen LogP contribution in [0.5, 0.6) is 0 Å². The van der Waals surface area contributed by atoms with E-state index in [9.17, 15) is 4.57 Å². The number of hydrogen-bond donors (Lipinski definition) is 0. The van der Waals surface area contributed by atoms with Gasteiger partial charge in [-0.2, -0.15) is 0 Å². The zero-order valence-corrected chi connectivity index (χ0v) is 18.9. The highest BCUT2D eigenvalue weighted by molar-refractivity contribution is 7.81. The first-order valence-electron chi connectivity index (χ1n) is 9.66. The van der Waals surface area contributed by atoms with Gasteiger partial charge in [-0.1, -0.05) is 108 Å². The molecule has 0 fully saturated rings. The Kier molecular flexibility index (Phi) is 6.88. The maximum absolute atomic E-state index is 14.3. The first-order valence-corrected chi connectivity index (χ1v) is 13.7. The van der Waals surface area contributed by atoms with Crippen LogP contribution < -0.4 is 10.6 Å². The minimum absolute atomic E-state index is 0.610. The van der Waals surface area contributed by atoms with Crippen LogP contribution in [-0.2, 0) is 4.57 Å². The summed E-state index contributed by atoms with van der Waals surface area (Å²) in [6.45, 7) is 14.0. The molecule has 0 unspecified atom stereocenters. The quantitative estimate of drug-likeness (QED) is 0.382. The van der Waals surface area contributed by atoms with E-state index >= 15 is 0 Å². The highest BCUT2D eigenvalue weighted by Gasteiger charge is 2.41. The Hall–Kier alpha value is -1.37. The van der Waals surface area contributed by atoms with Crippen LogP contribution in [0.2, 0.25) is 16.6 Å². The molecule has 0 heterocycles. The van der Waals surface area contributed by atoms with Crippen molar-refractivity contribution in [3.8, 4) is 0 Å². The van der Waals surface area contributed by atoms with Crippen LogP contribution in [0.15, 0.2) is 72.2 Å². The van der Waals surface area contributed by atoms with Gasteiger partial charge in [-0.05, 0) is 22.4 Å². The van der Waals surface area contributed by atoms with E-state index in [1.165, 1.54) is 0 Å². The van der Waals surface area contributed by atoms with Gasteiger partial charge in [-0.3, -0.25) is 0 Å². The lowest BCUT2D eigenvalue weighted by Gasteiger charge is -2.41. The second kappa shape index (κ2) is 8.54. The molecule has 140 valence electrons. The minimum atomic E-state index is -2.79. The molecule has 0 spiro atoms. The van der Waals surface area contributed by atoms with E-state index in [-0.39, 0.29) is 0 Å². The summed E-state index contributed by atoms with van der Waals surface area (Å²) in [5.41, 5.74) is 4.24. The SMILES string of the molecule is CC(C)[Si](/C=C\P(=O)(c1ccccc1)c1ccccc1)(C(C)C)C(C)C. The fourth-order valence-corrected chi connectivity index (χ4v) is 13.3. The highest BCUT2D eigenvalue weighted by Crippen LogP contribution is 2.49. The van der Waals surface area contributed by atoms with Crippen molar-refractivity contribution < 1.29 is 4.57 Å². The third-order valence-corrected chi connectivity index (χ3v) is 15.6. The van der Waals surface area contributed by atoms with E-state index in [1.807, 2.05) is 60.7 Å². The maximum Gasteiger partial charge on any atom is 0.163 e. The Balaban J connectivity index is 2.65. The Morgan fingerprint density at radius 2 is 1.04 bits per heavy atom. The van der Waals surface area contributed by atoms with Crippen molar-refractivity contribution in [2.24, 2.45) is 0 Å². The van der Waals surface area contributed by atoms with Gasteiger partial charge in [0.25, 0.3) is 0 Å². The van der Waals surface area contributed by atoms with Crippen LogP contribution in [-0.4, -0.2) is 8.07 Å². The van der Waals surface area contributed by atoms with Gasteiger partial charge in [-0.25, -0.2) is 0 Å². The summed E-state index contributed by atoms with van der Waals surface area (Å²) in [7, 11) is -4.54. The molecule has 0 atom stereocenters. The first-order chi connectivity index (χ1) is 12.2. The summed E-state index contributed by atoms with van der Waals surface area (Å²) in [5.74, 6) is 2.09.